The Balaban J connectivity index is 3.94. The highest BCUT2D eigenvalue weighted by molar-refractivity contribution is 14.1. The molecule has 1 rings (SSSR count). The van der Waals surface area contributed by atoms with Crippen LogP contribution in [0.5, 0.6) is 0 Å². The van der Waals surface area contributed by atoms with Gasteiger partial charge in [0, 0.05) is 25.0 Å². The van der Waals surface area contributed by atoms with Crippen molar-refractivity contribution in [1.82, 2.24) is 5.32 Å². The number of alkyl carbamates (subject to hydrolysis) is 1. The third kappa shape index (κ3) is 12.0. The first-order chi connectivity index (χ1) is 21.0. The fourth-order valence-corrected chi connectivity index (χ4v) is 12.1. The highest BCUT2D eigenvalue weighted by Crippen LogP contribution is 2.39. The number of cyclic esters (lactones) is 1. The molecule has 0 aromatic carbocycles. The topological polar surface area (TPSA) is 100 Å². The molecule has 0 aromatic rings. The van der Waals surface area contributed by atoms with Crippen molar-refractivity contribution in [2.75, 3.05) is 13.2 Å². The van der Waals surface area contributed by atoms with Crippen LogP contribution in [-0.4, -0.2) is 65.4 Å². The Labute approximate surface area is 281 Å². The Morgan fingerprint density at radius 3 is 2.20 bits per heavy atom. The third-order valence-electron chi connectivity index (χ3n) is 9.16. The minimum Gasteiger partial charge on any atom is -0.454 e. The van der Waals surface area contributed by atoms with Crippen molar-refractivity contribution in [1.29, 1.82) is 0 Å². The molecule has 11 heteroatoms. The van der Waals surface area contributed by atoms with Crippen molar-refractivity contribution in [3.8, 4) is 0 Å². The number of halogens is 1. The van der Waals surface area contributed by atoms with Crippen LogP contribution in [0.4, 0.5) is 4.79 Å². The summed E-state index contributed by atoms with van der Waals surface area (Å²) in [5.41, 5.74) is -1.07. The number of esters is 1. The Hall–Kier alpha value is -1.55. The number of ether oxygens (including phenoxy) is 2. The smallest absolute Gasteiger partial charge is 0.407 e. The molecule has 1 amide bonds. The number of hydrogen-bond donors (Lipinski definition) is 1. The van der Waals surface area contributed by atoms with Gasteiger partial charge in [-0.1, -0.05) is 95.9 Å². The molecular formula is C33H56INO7Si2. The van der Waals surface area contributed by atoms with Gasteiger partial charge in [-0.25, -0.2) is 9.59 Å². The molecule has 0 saturated heterocycles. The highest BCUT2D eigenvalue weighted by atomic mass is 127. The van der Waals surface area contributed by atoms with Gasteiger partial charge >= 0.3 is 12.1 Å². The van der Waals surface area contributed by atoms with Crippen molar-refractivity contribution in [3.63, 3.8) is 0 Å². The van der Waals surface area contributed by atoms with E-state index in [-0.39, 0.29) is 37.2 Å². The fourth-order valence-electron chi connectivity index (χ4n) is 5.74. The van der Waals surface area contributed by atoms with Crippen LogP contribution < -0.4 is 5.32 Å². The van der Waals surface area contributed by atoms with Crippen LogP contribution in [0.3, 0.4) is 0 Å². The molecule has 0 fully saturated rings. The average molecular weight is 762 g/mol. The lowest BCUT2D eigenvalue weighted by Gasteiger charge is -2.48. The lowest BCUT2D eigenvalue weighted by molar-refractivity contribution is -0.143. The summed E-state index contributed by atoms with van der Waals surface area (Å²) in [6, 6.07) is 5.36. The van der Waals surface area contributed by atoms with Crippen LogP contribution in [0, 0.1) is 5.92 Å². The molecule has 250 valence electrons. The summed E-state index contributed by atoms with van der Waals surface area (Å²) in [5, 5.41) is 2.87. The second kappa shape index (κ2) is 20.6. The summed E-state index contributed by atoms with van der Waals surface area (Å²) in [5.74, 6) is -0.422. The quantitative estimate of drug-likeness (QED) is 0.0389. The number of amides is 1. The Kier molecular flexibility index (Phi) is 18.9. The number of hydrogen-bond acceptors (Lipinski definition) is 7. The van der Waals surface area contributed by atoms with Crippen LogP contribution in [0.2, 0.25) is 36.3 Å². The first-order valence-electron chi connectivity index (χ1n) is 16.3. The molecule has 1 N–H and O–H groups in total. The van der Waals surface area contributed by atoms with Gasteiger partial charge < -0.3 is 23.6 Å². The van der Waals surface area contributed by atoms with Crippen molar-refractivity contribution >= 4 is 57.1 Å². The maximum absolute atomic E-state index is 13.4. The summed E-state index contributed by atoms with van der Waals surface area (Å²) >= 11 is 2.06. The summed E-state index contributed by atoms with van der Waals surface area (Å²) < 4.78 is 27.4. The van der Waals surface area contributed by atoms with Gasteiger partial charge in [0.15, 0.2) is 22.4 Å². The molecule has 0 saturated carbocycles. The van der Waals surface area contributed by atoms with Crippen molar-refractivity contribution in [2.45, 2.75) is 122 Å². The first kappa shape index (κ1) is 40.5. The lowest BCUT2D eigenvalue weighted by atomic mass is 9.87. The maximum atomic E-state index is 13.4. The normalized spacial score (nSPS) is 19.5. The van der Waals surface area contributed by atoms with Gasteiger partial charge in [-0.2, -0.15) is 0 Å². The molecule has 1 aliphatic heterocycles. The van der Waals surface area contributed by atoms with Gasteiger partial charge in [0.05, 0.1) is 6.10 Å². The zero-order valence-electron chi connectivity index (χ0n) is 28.0. The number of ketones is 1. The highest BCUT2D eigenvalue weighted by Gasteiger charge is 2.48. The van der Waals surface area contributed by atoms with Crippen LogP contribution in [-0.2, 0) is 27.9 Å². The summed E-state index contributed by atoms with van der Waals surface area (Å²) in [4.78, 5) is 38.2. The molecule has 0 aliphatic carbocycles. The Morgan fingerprint density at radius 2 is 1.68 bits per heavy atom. The second-order valence-electron chi connectivity index (χ2n) is 11.4. The predicted octanol–water partition coefficient (Wildman–Crippen LogP) is 8.41. The van der Waals surface area contributed by atoms with Crippen LogP contribution in [0.15, 0.2) is 47.1 Å². The predicted molar refractivity (Wildman–Crippen MR) is 192 cm³/mol. The molecule has 0 bridgehead atoms. The van der Waals surface area contributed by atoms with E-state index >= 15 is 0 Å². The second-order valence-corrected chi connectivity index (χ2v) is 21.5. The van der Waals surface area contributed by atoms with E-state index in [0.29, 0.717) is 6.42 Å². The lowest BCUT2D eigenvalue weighted by Crippen LogP contribution is -2.58. The van der Waals surface area contributed by atoms with E-state index in [1.165, 1.54) is 12.2 Å². The van der Waals surface area contributed by atoms with E-state index in [4.69, 9.17) is 18.3 Å². The van der Waals surface area contributed by atoms with E-state index in [9.17, 15) is 14.4 Å². The third-order valence-corrected chi connectivity index (χ3v) is 18.8. The average Bonchev–Trinajstić information content (AvgIpc) is 3.03. The van der Waals surface area contributed by atoms with Gasteiger partial charge in [-0.05, 0) is 65.3 Å². The van der Waals surface area contributed by atoms with Gasteiger partial charge in [0.1, 0.15) is 18.3 Å². The van der Waals surface area contributed by atoms with Crippen molar-refractivity contribution < 1.29 is 32.7 Å². The number of rotatable bonds is 22. The van der Waals surface area contributed by atoms with Crippen LogP contribution in [0.25, 0.3) is 0 Å². The number of carbonyl (C=O) groups excluding carboxylic acids is 3. The molecule has 1 aliphatic rings. The number of allylic oxidation sites excluding steroid dienone is 1. The van der Waals surface area contributed by atoms with E-state index < -0.39 is 40.5 Å². The summed E-state index contributed by atoms with van der Waals surface area (Å²) in [6.45, 7) is 19.0. The summed E-state index contributed by atoms with van der Waals surface area (Å²) in [6.07, 6.45) is 10.0. The molecule has 1 heterocycles. The van der Waals surface area contributed by atoms with Crippen molar-refractivity contribution in [2.24, 2.45) is 5.92 Å². The zero-order valence-corrected chi connectivity index (χ0v) is 32.2. The molecule has 0 spiro atoms. The molecule has 4 atom stereocenters. The van der Waals surface area contributed by atoms with Gasteiger partial charge in [-0.3, -0.25) is 4.79 Å². The molecule has 0 unspecified atom stereocenters. The monoisotopic (exact) mass is 761 g/mol. The largest absolute Gasteiger partial charge is 0.454 e. The molecule has 44 heavy (non-hydrogen) atoms. The molecule has 8 nitrogen and oxygen atoms in total. The fraction of sp³-hybridized carbons (Fsp3) is 0.667. The maximum Gasteiger partial charge on any atom is 0.407 e. The van der Waals surface area contributed by atoms with Crippen LogP contribution in [0.1, 0.15) is 67.7 Å². The van der Waals surface area contributed by atoms with Gasteiger partial charge in [0.2, 0.25) is 0 Å². The van der Waals surface area contributed by atoms with E-state index in [0.717, 1.165) is 42.7 Å². The van der Waals surface area contributed by atoms with E-state index in [2.05, 4.69) is 83.0 Å². The molecule has 0 radical (unpaired) electrons. The van der Waals surface area contributed by atoms with E-state index in [1.54, 1.807) is 10.2 Å². The summed E-state index contributed by atoms with van der Waals surface area (Å²) in [7, 11) is -4.60. The number of nitrogens with one attached hydrogen (secondary N) is 1. The minimum atomic E-state index is -2.34. The first-order valence-corrected chi connectivity index (χ1v) is 22.6. The molecular weight excluding hydrogens is 705 g/mol. The SMILES string of the molecule is C=CCOC(=O)NCC[C@](/C=C/[C@@H]1OC(=O)C=C[C@@H]1CC)(O[Si](CC)(CC)CC)[C@@H](CC(=O)/C=C/I)O[Si](CC)(CC)CC. The van der Waals surface area contributed by atoms with Crippen molar-refractivity contribution in [3.05, 3.63) is 47.1 Å². The van der Waals surface area contributed by atoms with E-state index in [1.807, 2.05) is 18.2 Å². The van der Waals surface area contributed by atoms with Crippen LogP contribution >= 0.6 is 22.6 Å². The Morgan fingerprint density at radius 1 is 1.07 bits per heavy atom. The Bertz CT molecular complexity index is 994. The van der Waals surface area contributed by atoms with Gasteiger partial charge in [-0.15, -0.1) is 0 Å². The number of carbonyl (C=O) groups is 3. The minimum absolute atomic E-state index is 0.0116. The molecule has 0 aromatic heterocycles. The zero-order chi connectivity index (χ0) is 33.2. The van der Waals surface area contributed by atoms with Gasteiger partial charge in [0.25, 0.3) is 0 Å². The standard InChI is InChI=1S/C33H56INO7Si2/c1-9-25-39-32(38)35-24-22-33(42-44(14-6,15-7)16-8,21-19-29-27(10-2)17-18-31(37)40-29)30(26-28(36)20-23-34)41-43(11-3,12-4)13-5/h9,17-21,23,27,29-30H,1,10-16,22,24-26H2,2-8H3,(H,35,38)/b21-19+,23-20+/t27-,29-,30+,33-/m0/s1.